The fourth-order valence-electron chi connectivity index (χ4n) is 2.96. The summed E-state index contributed by atoms with van der Waals surface area (Å²) in [7, 11) is 0. The van der Waals surface area contributed by atoms with E-state index in [0.717, 1.165) is 23.5 Å². The van der Waals surface area contributed by atoms with Crippen LogP contribution in [-0.2, 0) is 11.2 Å². The van der Waals surface area contributed by atoms with E-state index >= 15 is 0 Å². The summed E-state index contributed by atoms with van der Waals surface area (Å²) < 4.78 is 0. The zero-order valence-corrected chi connectivity index (χ0v) is 14.8. The second kappa shape index (κ2) is 7.83. The number of carbonyl (C=O) groups excluding carboxylic acids is 1. The fraction of sp³-hybridized carbons (Fsp3) is 0.471. The molecule has 6 nitrogen and oxygen atoms in total. The molecule has 0 spiro atoms. The number of aromatic nitrogens is 2. The highest BCUT2D eigenvalue weighted by Gasteiger charge is 2.33. The topological polar surface area (TPSA) is 78.9 Å². The first-order valence-electron chi connectivity index (χ1n) is 8.25. The molecule has 3 heterocycles. The summed E-state index contributed by atoms with van der Waals surface area (Å²) in [6, 6.07) is 4.16. The van der Waals surface area contributed by atoms with Crippen molar-refractivity contribution < 1.29 is 4.79 Å². The SMILES string of the molecule is Cc1nc(CCCC(=O)NC2NNC(c3ccncc3)C2C)cs1. The van der Waals surface area contributed by atoms with Crippen molar-refractivity contribution in [2.45, 2.75) is 45.3 Å². The van der Waals surface area contributed by atoms with Gasteiger partial charge >= 0.3 is 0 Å². The smallest absolute Gasteiger partial charge is 0.221 e. The van der Waals surface area contributed by atoms with Gasteiger partial charge < -0.3 is 5.32 Å². The Balaban J connectivity index is 1.45. The second-order valence-electron chi connectivity index (χ2n) is 6.16. The van der Waals surface area contributed by atoms with Gasteiger partial charge in [0.2, 0.25) is 5.91 Å². The predicted molar refractivity (Wildman–Crippen MR) is 94.1 cm³/mol. The van der Waals surface area contributed by atoms with E-state index in [0.29, 0.717) is 6.42 Å². The highest BCUT2D eigenvalue weighted by atomic mass is 32.1. The number of thiazole rings is 1. The van der Waals surface area contributed by atoms with Crippen LogP contribution < -0.4 is 16.2 Å². The lowest BCUT2D eigenvalue weighted by Gasteiger charge is -2.19. The fourth-order valence-corrected chi connectivity index (χ4v) is 3.61. The number of hydrogen-bond donors (Lipinski definition) is 3. The average Bonchev–Trinajstić information content (AvgIpc) is 3.15. The van der Waals surface area contributed by atoms with Crippen LogP contribution in [0.15, 0.2) is 29.9 Å². The Bertz CT molecular complexity index is 675. The lowest BCUT2D eigenvalue weighted by atomic mass is 9.95. The number of rotatable bonds is 6. The molecule has 1 aliphatic heterocycles. The quantitative estimate of drug-likeness (QED) is 0.747. The molecule has 3 atom stereocenters. The number of carbonyl (C=O) groups is 1. The van der Waals surface area contributed by atoms with Crippen LogP contribution in [0, 0.1) is 12.8 Å². The zero-order valence-electron chi connectivity index (χ0n) is 14.0. The molecule has 1 amide bonds. The van der Waals surface area contributed by atoms with Crippen LogP contribution >= 0.6 is 11.3 Å². The maximum Gasteiger partial charge on any atom is 0.221 e. The molecule has 3 unspecified atom stereocenters. The van der Waals surface area contributed by atoms with Crippen molar-refractivity contribution >= 4 is 17.2 Å². The molecule has 0 bridgehead atoms. The summed E-state index contributed by atoms with van der Waals surface area (Å²) in [6.07, 6.45) is 5.69. The van der Waals surface area contributed by atoms with Crippen LogP contribution in [-0.4, -0.2) is 22.0 Å². The van der Waals surface area contributed by atoms with E-state index in [1.54, 1.807) is 23.7 Å². The first-order valence-corrected chi connectivity index (χ1v) is 9.13. The molecule has 0 saturated carbocycles. The summed E-state index contributed by atoms with van der Waals surface area (Å²) in [4.78, 5) is 20.6. The van der Waals surface area contributed by atoms with Gasteiger partial charge in [-0.25, -0.2) is 15.8 Å². The van der Waals surface area contributed by atoms with Gasteiger partial charge in [0.05, 0.1) is 22.9 Å². The molecule has 128 valence electrons. The third kappa shape index (κ3) is 4.17. The van der Waals surface area contributed by atoms with E-state index in [1.807, 2.05) is 19.1 Å². The van der Waals surface area contributed by atoms with Gasteiger partial charge in [-0.2, -0.15) is 0 Å². The van der Waals surface area contributed by atoms with E-state index in [2.05, 4.69) is 38.4 Å². The van der Waals surface area contributed by atoms with Gasteiger partial charge in [-0.1, -0.05) is 6.92 Å². The van der Waals surface area contributed by atoms with Gasteiger partial charge in [0, 0.05) is 30.1 Å². The Morgan fingerprint density at radius 2 is 2.12 bits per heavy atom. The van der Waals surface area contributed by atoms with Crippen LogP contribution in [0.2, 0.25) is 0 Å². The summed E-state index contributed by atoms with van der Waals surface area (Å²) in [5.41, 5.74) is 8.69. The zero-order chi connectivity index (χ0) is 16.9. The normalized spacial score (nSPS) is 23.3. The van der Waals surface area contributed by atoms with E-state index in [4.69, 9.17) is 0 Å². The van der Waals surface area contributed by atoms with Gasteiger partial charge in [-0.05, 0) is 37.5 Å². The molecule has 1 aliphatic rings. The number of amides is 1. The summed E-state index contributed by atoms with van der Waals surface area (Å²) in [6.45, 7) is 4.13. The molecular formula is C17H23N5OS. The van der Waals surface area contributed by atoms with Crippen molar-refractivity contribution in [2.75, 3.05) is 0 Å². The number of hydrogen-bond acceptors (Lipinski definition) is 6. The lowest BCUT2D eigenvalue weighted by molar-refractivity contribution is -0.122. The minimum Gasteiger partial charge on any atom is -0.339 e. The molecule has 0 aromatic carbocycles. The highest BCUT2D eigenvalue weighted by molar-refractivity contribution is 7.09. The van der Waals surface area contributed by atoms with E-state index in [-0.39, 0.29) is 24.0 Å². The number of hydrazine groups is 1. The third-order valence-electron chi connectivity index (χ3n) is 4.33. The lowest BCUT2D eigenvalue weighted by Crippen LogP contribution is -2.46. The van der Waals surface area contributed by atoms with E-state index < -0.39 is 0 Å². The van der Waals surface area contributed by atoms with Crippen LogP contribution in [0.5, 0.6) is 0 Å². The number of nitrogens with zero attached hydrogens (tertiary/aromatic N) is 2. The third-order valence-corrected chi connectivity index (χ3v) is 5.15. The average molecular weight is 345 g/mol. The Kier molecular flexibility index (Phi) is 5.55. The highest BCUT2D eigenvalue weighted by Crippen LogP contribution is 2.26. The van der Waals surface area contributed by atoms with Gasteiger partial charge in [0.1, 0.15) is 0 Å². The Labute approximate surface area is 146 Å². The number of nitrogens with one attached hydrogen (secondary N) is 3. The first kappa shape index (κ1) is 17.0. The molecule has 7 heteroatoms. The Hall–Kier alpha value is -1.83. The molecule has 1 saturated heterocycles. The molecule has 3 N–H and O–H groups in total. The molecule has 0 aliphatic carbocycles. The van der Waals surface area contributed by atoms with Gasteiger partial charge in [0.15, 0.2) is 0 Å². The van der Waals surface area contributed by atoms with Gasteiger partial charge in [-0.3, -0.25) is 9.78 Å². The minimum absolute atomic E-state index is 0.0721. The van der Waals surface area contributed by atoms with Crippen molar-refractivity contribution in [1.29, 1.82) is 0 Å². The van der Waals surface area contributed by atoms with Gasteiger partial charge in [-0.15, -0.1) is 11.3 Å². The van der Waals surface area contributed by atoms with E-state index in [1.165, 1.54) is 5.56 Å². The Morgan fingerprint density at radius 3 is 2.83 bits per heavy atom. The maximum atomic E-state index is 12.2. The van der Waals surface area contributed by atoms with Crippen molar-refractivity contribution in [3.05, 3.63) is 46.2 Å². The van der Waals surface area contributed by atoms with Crippen LogP contribution in [0.3, 0.4) is 0 Å². The molecule has 1 fully saturated rings. The summed E-state index contributed by atoms with van der Waals surface area (Å²) in [5.74, 6) is 0.320. The van der Waals surface area contributed by atoms with Crippen molar-refractivity contribution in [3.63, 3.8) is 0 Å². The molecule has 0 radical (unpaired) electrons. The molecule has 3 rings (SSSR count). The van der Waals surface area contributed by atoms with Crippen LogP contribution in [0.4, 0.5) is 0 Å². The van der Waals surface area contributed by atoms with E-state index in [9.17, 15) is 4.79 Å². The summed E-state index contributed by atoms with van der Waals surface area (Å²) >= 11 is 1.65. The molecule has 2 aromatic rings. The second-order valence-corrected chi connectivity index (χ2v) is 7.22. The van der Waals surface area contributed by atoms with Crippen molar-refractivity contribution in [2.24, 2.45) is 5.92 Å². The maximum absolute atomic E-state index is 12.2. The number of aryl methyl sites for hydroxylation is 2. The van der Waals surface area contributed by atoms with Gasteiger partial charge in [0.25, 0.3) is 0 Å². The molecule has 24 heavy (non-hydrogen) atoms. The standard InChI is InChI=1S/C17H23N5OS/c1-11-16(13-6-8-18-9-7-13)21-22-17(11)20-15(23)5-3-4-14-10-24-12(2)19-14/h6-11,16-17,21-22H,3-5H2,1-2H3,(H,20,23). The molecule has 2 aromatic heterocycles. The first-order chi connectivity index (χ1) is 11.6. The largest absolute Gasteiger partial charge is 0.339 e. The number of pyridine rings is 1. The monoisotopic (exact) mass is 345 g/mol. The summed E-state index contributed by atoms with van der Waals surface area (Å²) in [5, 5.41) is 6.22. The molecular weight excluding hydrogens is 322 g/mol. The Morgan fingerprint density at radius 1 is 1.33 bits per heavy atom. The van der Waals surface area contributed by atoms with Crippen LogP contribution in [0.1, 0.15) is 42.1 Å². The van der Waals surface area contributed by atoms with Crippen LogP contribution in [0.25, 0.3) is 0 Å². The van der Waals surface area contributed by atoms with Crippen molar-refractivity contribution in [1.82, 2.24) is 26.1 Å². The predicted octanol–water partition coefficient (Wildman–Crippen LogP) is 2.10. The minimum atomic E-state index is -0.0721. The van der Waals surface area contributed by atoms with Crippen molar-refractivity contribution in [3.8, 4) is 0 Å².